The van der Waals surface area contributed by atoms with Gasteiger partial charge in [-0.05, 0) is 31.0 Å². The Labute approximate surface area is 109 Å². The molecule has 5 nitrogen and oxygen atoms in total. The fraction of sp³-hybridized carbons (Fsp3) is 0.385. The predicted octanol–water partition coefficient (Wildman–Crippen LogP) is 1.34. The molecule has 1 aliphatic rings. The number of nitrogen functional groups attached to an aromatic ring is 1. The Bertz CT molecular complexity index is 511. The molecule has 0 unspecified atom stereocenters. The molecule has 0 atom stereocenters. The smallest absolute Gasteiger partial charge is 0.306 e. The van der Waals surface area contributed by atoms with Crippen LogP contribution in [0.1, 0.15) is 23.2 Å². The van der Waals surface area contributed by atoms with Crippen molar-refractivity contribution in [2.45, 2.75) is 12.8 Å². The number of likely N-dealkylation sites (tertiary alicyclic amines) is 1. The molecule has 1 aromatic rings. The highest BCUT2D eigenvalue weighted by Gasteiger charge is 2.28. The van der Waals surface area contributed by atoms with Gasteiger partial charge < -0.3 is 15.7 Å². The zero-order chi connectivity index (χ0) is 14.0. The van der Waals surface area contributed by atoms with Crippen LogP contribution in [0.25, 0.3) is 0 Å². The number of rotatable bonds is 2. The number of piperidine rings is 1. The van der Waals surface area contributed by atoms with Crippen LogP contribution in [0.5, 0.6) is 0 Å². The standard InChI is InChI=1S/C13H15FN2O3/c14-11-7-9(15)1-2-10(11)12(17)16-5-3-8(4-6-16)13(18)19/h1-2,7-8H,3-6,15H2,(H,18,19). The van der Waals surface area contributed by atoms with Gasteiger partial charge in [-0.25, -0.2) is 4.39 Å². The number of hydrogen-bond donors (Lipinski definition) is 2. The third-order valence-corrected chi connectivity index (χ3v) is 3.35. The molecule has 1 saturated heterocycles. The molecule has 1 amide bonds. The number of aliphatic carboxylic acids is 1. The number of nitrogens with two attached hydrogens (primary N) is 1. The monoisotopic (exact) mass is 266 g/mol. The van der Waals surface area contributed by atoms with Gasteiger partial charge in [0, 0.05) is 18.8 Å². The molecule has 0 radical (unpaired) electrons. The highest BCUT2D eigenvalue weighted by Crippen LogP contribution is 2.21. The third kappa shape index (κ3) is 2.83. The number of nitrogens with zero attached hydrogens (tertiary/aromatic N) is 1. The molecule has 19 heavy (non-hydrogen) atoms. The first kappa shape index (κ1) is 13.3. The molecule has 2 rings (SSSR count). The average Bonchev–Trinajstić information content (AvgIpc) is 2.38. The molecule has 102 valence electrons. The highest BCUT2D eigenvalue weighted by atomic mass is 19.1. The molecular formula is C13H15FN2O3. The minimum Gasteiger partial charge on any atom is -0.481 e. The van der Waals surface area contributed by atoms with E-state index in [4.69, 9.17) is 10.8 Å². The normalized spacial score (nSPS) is 16.4. The summed E-state index contributed by atoms with van der Waals surface area (Å²) in [5.41, 5.74) is 5.67. The van der Waals surface area contributed by atoms with Crippen molar-refractivity contribution in [1.82, 2.24) is 4.90 Å². The second kappa shape index (κ2) is 5.26. The van der Waals surface area contributed by atoms with E-state index in [2.05, 4.69) is 0 Å². The van der Waals surface area contributed by atoms with E-state index in [1.165, 1.54) is 17.0 Å². The summed E-state index contributed by atoms with van der Waals surface area (Å²) in [6, 6.07) is 3.94. The molecule has 0 saturated carbocycles. The largest absolute Gasteiger partial charge is 0.481 e. The van der Waals surface area contributed by atoms with Crippen molar-refractivity contribution in [3.05, 3.63) is 29.6 Å². The molecule has 0 bridgehead atoms. The van der Waals surface area contributed by atoms with Gasteiger partial charge in [-0.15, -0.1) is 0 Å². The van der Waals surface area contributed by atoms with Crippen molar-refractivity contribution < 1.29 is 19.1 Å². The number of carboxylic acids is 1. The summed E-state index contributed by atoms with van der Waals surface area (Å²) in [7, 11) is 0. The lowest BCUT2D eigenvalue weighted by atomic mass is 9.96. The van der Waals surface area contributed by atoms with Gasteiger partial charge in [0.05, 0.1) is 11.5 Å². The summed E-state index contributed by atoms with van der Waals surface area (Å²) in [6.45, 7) is 0.666. The van der Waals surface area contributed by atoms with Gasteiger partial charge in [-0.1, -0.05) is 0 Å². The topological polar surface area (TPSA) is 83.6 Å². The van der Waals surface area contributed by atoms with E-state index < -0.39 is 23.6 Å². The highest BCUT2D eigenvalue weighted by molar-refractivity contribution is 5.95. The van der Waals surface area contributed by atoms with E-state index in [-0.39, 0.29) is 11.3 Å². The van der Waals surface area contributed by atoms with Crippen molar-refractivity contribution >= 4 is 17.6 Å². The molecule has 0 aromatic heterocycles. The first-order valence-corrected chi connectivity index (χ1v) is 6.06. The average molecular weight is 266 g/mol. The summed E-state index contributed by atoms with van der Waals surface area (Å²) < 4.78 is 13.6. The number of amides is 1. The van der Waals surface area contributed by atoms with Crippen LogP contribution in [0.2, 0.25) is 0 Å². The first-order valence-electron chi connectivity index (χ1n) is 6.06. The number of hydrogen-bond acceptors (Lipinski definition) is 3. The summed E-state index contributed by atoms with van der Waals surface area (Å²) in [5.74, 6) is -2.32. The van der Waals surface area contributed by atoms with E-state index in [1.54, 1.807) is 0 Å². The minimum atomic E-state index is -0.842. The SMILES string of the molecule is Nc1ccc(C(=O)N2CCC(C(=O)O)CC2)c(F)c1. The van der Waals surface area contributed by atoms with Crippen molar-refractivity contribution in [3.63, 3.8) is 0 Å². The second-order valence-electron chi connectivity index (χ2n) is 4.64. The lowest BCUT2D eigenvalue weighted by Gasteiger charge is -2.30. The minimum absolute atomic E-state index is 0.0250. The van der Waals surface area contributed by atoms with Gasteiger partial charge >= 0.3 is 5.97 Å². The maximum atomic E-state index is 13.6. The Kier molecular flexibility index (Phi) is 3.69. The number of carboxylic acid groups (broad SMARTS) is 1. The summed E-state index contributed by atoms with van der Waals surface area (Å²) in [6.07, 6.45) is 0.801. The molecule has 1 aromatic carbocycles. The zero-order valence-electron chi connectivity index (χ0n) is 10.3. The van der Waals surface area contributed by atoms with Crippen LogP contribution in [0, 0.1) is 11.7 Å². The van der Waals surface area contributed by atoms with Crippen LogP contribution in [-0.4, -0.2) is 35.0 Å². The fourth-order valence-electron chi connectivity index (χ4n) is 2.20. The second-order valence-corrected chi connectivity index (χ2v) is 4.64. The maximum absolute atomic E-state index is 13.6. The molecule has 1 aliphatic heterocycles. The Morgan fingerprint density at radius 3 is 2.47 bits per heavy atom. The molecule has 3 N–H and O–H groups in total. The summed E-state index contributed by atoms with van der Waals surface area (Å²) >= 11 is 0. The Balaban J connectivity index is 2.07. The number of benzene rings is 1. The first-order chi connectivity index (χ1) is 8.99. The van der Waals surface area contributed by atoms with Crippen LogP contribution >= 0.6 is 0 Å². The molecule has 1 heterocycles. The van der Waals surface area contributed by atoms with E-state index >= 15 is 0 Å². The van der Waals surface area contributed by atoms with Crippen LogP contribution in [-0.2, 0) is 4.79 Å². The number of halogens is 1. The van der Waals surface area contributed by atoms with Gasteiger partial charge in [0.2, 0.25) is 0 Å². The van der Waals surface area contributed by atoms with Crippen LogP contribution in [0.3, 0.4) is 0 Å². The van der Waals surface area contributed by atoms with E-state index in [0.29, 0.717) is 25.9 Å². The fourth-order valence-corrected chi connectivity index (χ4v) is 2.20. The molecule has 1 fully saturated rings. The predicted molar refractivity (Wildman–Crippen MR) is 67.1 cm³/mol. The Morgan fingerprint density at radius 1 is 1.32 bits per heavy atom. The lowest BCUT2D eigenvalue weighted by molar-refractivity contribution is -0.143. The van der Waals surface area contributed by atoms with Crippen molar-refractivity contribution in [1.29, 1.82) is 0 Å². The molecule has 6 heteroatoms. The van der Waals surface area contributed by atoms with Crippen LogP contribution < -0.4 is 5.73 Å². The summed E-state index contributed by atoms with van der Waals surface area (Å²) in [5, 5.41) is 8.88. The quantitative estimate of drug-likeness (QED) is 0.791. The third-order valence-electron chi connectivity index (χ3n) is 3.35. The van der Waals surface area contributed by atoms with Crippen LogP contribution in [0.4, 0.5) is 10.1 Å². The molecular weight excluding hydrogens is 251 g/mol. The van der Waals surface area contributed by atoms with E-state index in [0.717, 1.165) is 6.07 Å². The molecule has 0 spiro atoms. The van der Waals surface area contributed by atoms with Gasteiger partial charge in [0.25, 0.3) is 5.91 Å². The van der Waals surface area contributed by atoms with Gasteiger partial charge in [0.1, 0.15) is 5.82 Å². The van der Waals surface area contributed by atoms with Crippen molar-refractivity contribution in [2.75, 3.05) is 18.8 Å². The van der Waals surface area contributed by atoms with Crippen molar-refractivity contribution in [2.24, 2.45) is 5.92 Å². The Hall–Kier alpha value is -2.11. The van der Waals surface area contributed by atoms with E-state index in [9.17, 15) is 14.0 Å². The van der Waals surface area contributed by atoms with Gasteiger partial charge in [0.15, 0.2) is 0 Å². The number of carbonyl (C=O) groups excluding carboxylic acids is 1. The van der Waals surface area contributed by atoms with Gasteiger partial charge in [-0.2, -0.15) is 0 Å². The number of carbonyl (C=O) groups is 2. The van der Waals surface area contributed by atoms with Crippen LogP contribution in [0.15, 0.2) is 18.2 Å². The zero-order valence-corrected chi connectivity index (χ0v) is 10.3. The van der Waals surface area contributed by atoms with Crippen molar-refractivity contribution in [3.8, 4) is 0 Å². The number of anilines is 1. The molecule has 0 aliphatic carbocycles. The van der Waals surface area contributed by atoms with Gasteiger partial charge in [-0.3, -0.25) is 9.59 Å². The maximum Gasteiger partial charge on any atom is 0.306 e. The lowest BCUT2D eigenvalue weighted by Crippen LogP contribution is -2.40. The summed E-state index contributed by atoms with van der Waals surface area (Å²) in [4.78, 5) is 24.4. The van der Waals surface area contributed by atoms with E-state index in [1.807, 2.05) is 0 Å². The Morgan fingerprint density at radius 2 is 1.95 bits per heavy atom.